The second-order valence-corrected chi connectivity index (χ2v) is 15.1. The maximum Gasteiger partial charge on any atom is 0.138 e. The zero-order chi connectivity index (χ0) is 22.7. The van der Waals surface area contributed by atoms with Crippen LogP contribution in [0.3, 0.4) is 0 Å². The van der Waals surface area contributed by atoms with Crippen LogP contribution in [0.25, 0.3) is 0 Å². The maximum atomic E-state index is 12.9. The summed E-state index contributed by atoms with van der Waals surface area (Å²) in [7, 11) is 0. The van der Waals surface area contributed by atoms with E-state index in [1.165, 1.54) is 51.4 Å². The standard InChI is InChI=1S/C30H48O/c1-25(2)17-18-27(5)13-9-21-29(7)14-10-20-26(3,4)24(31)12-16-28(20,6)22(29)11-15-30(21,8)23(27)19-25/h9,20,22-23H,10-19H2,1-8H3/t20-,22+,23+,27+,28-,29-,30+/m0/s1. The molecule has 0 amide bonds. The highest BCUT2D eigenvalue weighted by Crippen LogP contribution is 2.74. The van der Waals surface area contributed by atoms with Gasteiger partial charge in [0.15, 0.2) is 0 Å². The van der Waals surface area contributed by atoms with E-state index >= 15 is 0 Å². The van der Waals surface area contributed by atoms with E-state index in [2.05, 4.69) is 61.5 Å². The molecule has 4 saturated carbocycles. The molecule has 31 heavy (non-hydrogen) atoms. The molecule has 1 heteroatoms. The van der Waals surface area contributed by atoms with E-state index in [0.29, 0.717) is 38.8 Å². The second kappa shape index (κ2) is 6.29. The van der Waals surface area contributed by atoms with E-state index in [1.54, 1.807) is 0 Å². The van der Waals surface area contributed by atoms with Gasteiger partial charge in [-0.2, -0.15) is 0 Å². The van der Waals surface area contributed by atoms with Crippen LogP contribution in [0.15, 0.2) is 11.6 Å². The van der Waals surface area contributed by atoms with Gasteiger partial charge in [-0.05, 0) is 103 Å². The molecule has 0 aliphatic heterocycles. The summed E-state index contributed by atoms with van der Waals surface area (Å²) in [5, 5.41) is 0. The quantitative estimate of drug-likeness (QED) is 0.357. The fraction of sp³-hybridized carbons (Fsp3) is 0.900. The Morgan fingerprint density at radius 3 is 2.03 bits per heavy atom. The van der Waals surface area contributed by atoms with Crippen LogP contribution in [0.5, 0.6) is 0 Å². The summed E-state index contributed by atoms with van der Waals surface area (Å²) < 4.78 is 0. The largest absolute Gasteiger partial charge is 0.299 e. The third-order valence-corrected chi connectivity index (χ3v) is 12.5. The van der Waals surface area contributed by atoms with Crippen molar-refractivity contribution >= 4 is 5.78 Å². The van der Waals surface area contributed by atoms with E-state index in [-0.39, 0.29) is 5.41 Å². The molecule has 7 atom stereocenters. The SMILES string of the molecule is CC1(C)CC[C@@]2(C)CC=C3[C@]4(C)CC[C@H]5C(C)(C)C(=O)CC[C@]5(C)[C@H]4CC[C@@]3(C)[C@@H]2C1. The number of carbonyl (C=O) groups excluding carboxylic acids is 1. The molecule has 4 fully saturated rings. The van der Waals surface area contributed by atoms with Gasteiger partial charge >= 0.3 is 0 Å². The summed E-state index contributed by atoms with van der Waals surface area (Å²) >= 11 is 0. The lowest BCUT2D eigenvalue weighted by Gasteiger charge is -2.69. The predicted octanol–water partition coefficient (Wildman–Crippen LogP) is 8.38. The molecule has 0 aromatic carbocycles. The second-order valence-electron chi connectivity index (χ2n) is 15.1. The Labute approximate surface area is 192 Å². The summed E-state index contributed by atoms with van der Waals surface area (Å²) in [6, 6.07) is 0. The lowest BCUT2D eigenvalue weighted by molar-refractivity contribution is -0.168. The smallest absolute Gasteiger partial charge is 0.138 e. The molecule has 0 N–H and O–H groups in total. The van der Waals surface area contributed by atoms with Crippen LogP contribution >= 0.6 is 0 Å². The third kappa shape index (κ3) is 2.76. The molecular formula is C30H48O. The Bertz CT molecular complexity index is 831. The van der Waals surface area contributed by atoms with Crippen LogP contribution < -0.4 is 0 Å². The third-order valence-electron chi connectivity index (χ3n) is 12.5. The topological polar surface area (TPSA) is 17.1 Å². The summed E-state index contributed by atoms with van der Waals surface area (Å²) in [4.78, 5) is 12.9. The van der Waals surface area contributed by atoms with Gasteiger partial charge < -0.3 is 0 Å². The fourth-order valence-corrected chi connectivity index (χ4v) is 10.7. The molecule has 5 aliphatic carbocycles. The Morgan fingerprint density at radius 1 is 0.742 bits per heavy atom. The van der Waals surface area contributed by atoms with Crippen LogP contribution in [-0.4, -0.2) is 5.78 Å². The average molecular weight is 425 g/mol. The molecule has 0 heterocycles. The van der Waals surface area contributed by atoms with E-state index in [1.807, 2.05) is 5.57 Å². The number of rotatable bonds is 0. The van der Waals surface area contributed by atoms with Crippen molar-refractivity contribution in [3.05, 3.63) is 11.6 Å². The van der Waals surface area contributed by atoms with Gasteiger partial charge in [0.05, 0.1) is 0 Å². The van der Waals surface area contributed by atoms with Crippen LogP contribution in [0, 0.1) is 50.2 Å². The van der Waals surface area contributed by atoms with Crippen molar-refractivity contribution in [3.8, 4) is 0 Å². The van der Waals surface area contributed by atoms with E-state index in [4.69, 9.17) is 0 Å². The van der Waals surface area contributed by atoms with Gasteiger partial charge in [-0.1, -0.05) is 67.0 Å². The molecule has 0 aromatic rings. The van der Waals surface area contributed by atoms with Crippen LogP contribution in [0.1, 0.15) is 120 Å². The van der Waals surface area contributed by atoms with Crippen molar-refractivity contribution < 1.29 is 4.79 Å². The monoisotopic (exact) mass is 424 g/mol. The van der Waals surface area contributed by atoms with Gasteiger partial charge in [0, 0.05) is 11.8 Å². The number of fused-ring (bicyclic) bond motifs is 7. The van der Waals surface area contributed by atoms with Crippen molar-refractivity contribution in [3.63, 3.8) is 0 Å². The van der Waals surface area contributed by atoms with Gasteiger partial charge in [0.25, 0.3) is 0 Å². The first-order valence-electron chi connectivity index (χ1n) is 13.4. The molecule has 0 spiro atoms. The summed E-state index contributed by atoms with van der Waals surface area (Å²) in [5.74, 6) is 2.66. The Balaban J connectivity index is 1.56. The molecule has 0 aromatic heterocycles. The number of hydrogen-bond acceptors (Lipinski definition) is 1. The molecule has 0 saturated heterocycles. The highest BCUT2D eigenvalue weighted by atomic mass is 16.1. The van der Waals surface area contributed by atoms with E-state index in [0.717, 1.165) is 24.7 Å². The van der Waals surface area contributed by atoms with Gasteiger partial charge in [-0.3, -0.25) is 4.79 Å². The molecule has 174 valence electrons. The minimum atomic E-state index is -0.137. The lowest BCUT2D eigenvalue weighted by Crippen LogP contribution is -2.62. The first-order chi connectivity index (χ1) is 14.2. The minimum absolute atomic E-state index is 0.137. The molecule has 1 nitrogen and oxygen atoms in total. The van der Waals surface area contributed by atoms with Crippen molar-refractivity contribution in [2.45, 2.75) is 120 Å². The van der Waals surface area contributed by atoms with Crippen LogP contribution in [0.2, 0.25) is 0 Å². The molecule has 0 unspecified atom stereocenters. The fourth-order valence-electron chi connectivity index (χ4n) is 10.7. The van der Waals surface area contributed by atoms with E-state index < -0.39 is 0 Å². The Morgan fingerprint density at radius 2 is 1.35 bits per heavy atom. The van der Waals surface area contributed by atoms with Crippen molar-refractivity contribution in [1.29, 1.82) is 0 Å². The molecule has 0 radical (unpaired) electrons. The first kappa shape index (κ1) is 22.2. The average Bonchev–Trinajstić information content (AvgIpc) is 2.66. The summed E-state index contributed by atoms with van der Waals surface area (Å²) in [6.45, 7) is 20.1. The van der Waals surface area contributed by atoms with Gasteiger partial charge in [0.2, 0.25) is 0 Å². The van der Waals surface area contributed by atoms with E-state index in [9.17, 15) is 4.79 Å². The summed E-state index contributed by atoms with van der Waals surface area (Å²) in [6.07, 6.45) is 15.5. The Hall–Kier alpha value is -0.590. The number of ketones is 1. The maximum absolute atomic E-state index is 12.9. The zero-order valence-corrected chi connectivity index (χ0v) is 21.8. The summed E-state index contributed by atoms with van der Waals surface area (Å²) in [5.41, 5.74) is 3.73. The molecular weight excluding hydrogens is 376 g/mol. The lowest BCUT2D eigenvalue weighted by atomic mass is 9.35. The zero-order valence-electron chi connectivity index (χ0n) is 21.8. The predicted molar refractivity (Wildman–Crippen MR) is 130 cm³/mol. The molecule has 0 bridgehead atoms. The van der Waals surface area contributed by atoms with Crippen LogP contribution in [-0.2, 0) is 4.79 Å². The van der Waals surface area contributed by atoms with Crippen LogP contribution in [0.4, 0.5) is 0 Å². The van der Waals surface area contributed by atoms with Gasteiger partial charge in [0.1, 0.15) is 5.78 Å². The minimum Gasteiger partial charge on any atom is -0.299 e. The number of carbonyl (C=O) groups is 1. The molecule has 5 rings (SSSR count). The molecule has 5 aliphatic rings. The Kier molecular flexibility index (Phi) is 4.51. The van der Waals surface area contributed by atoms with Crippen molar-refractivity contribution in [2.24, 2.45) is 50.2 Å². The number of Topliss-reactive ketones (excluding diaryl/α,β-unsaturated/α-hetero) is 1. The highest BCUT2D eigenvalue weighted by molar-refractivity contribution is 5.85. The first-order valence-corrected chi connectivity index (χ1v) is 13.4. The number of allylic oxidation sites excluding steroid dienone is 2. The van der Waals surface area contributed by atoms with Gasteiger partial charge in [-0.15, -0.1) is 0 Å². The number of hydrogen-bond donors (Lipinski definition) is 0. The van der Waals surface area contributed by atoms with Crippen molar-refractivity contribution in [2.75, 3.05) is 0 Å². The van der Waals surface area contributed by atoms with Gasteiger partial charge in [-0.25, -0.2) is 0 Å². The van der Waals surface area contributed by atoms with Crippen molar-refractivity contribution in [1.82, 2.24) is 0 Å². The normalized spacial score (nSPS) is 52.8. The highest BCUT2D eigenvalue weighted by Gasteiger charge is 2.66.